The first-order valence-electron chi connectivity index (χ1n) is 9.44. The van der Waals surface area contributed by atoms with Crippen molar-refractivity contribution in [1.29, 1.82) is 0 Å². The Kier molecular flexibility index (Phi) is 9.57. The number of ether oxygens (including phenoxy) is 3. The monoisotopic (exact) mass is 359 g/mol. The summed E-state index contributed by atoms with van der Waals surface area (Å²) >= 11 is 0. The Morgan fingerprint density at radius 1 is 1.12 bits per heavy atom. The fourth-order valence-corrected chi connectivity index (χ4v) is 3.65. The Hall–Kier alpha value is -0.320. The minimum atomic E-state index is 0.0638. The summed E-state index contributed by atoms with van der Waals surface area (Å²) < 4.78 is 17.3. The predicted molar refractivity (Wildman–Crippen MR) is 98.4 cm³/mol. The number of methoxy groups -OCH3 is 2. The van der Waals surface area contributed by atoms with E-state index in [0.29, 0.717) is 18.8 Å². The van der Waals surface area contributed by atoms with Gasteiger partial charge in [0.15, 0.2) is 0 Å². The molecule has 6 atom stereocenters. The molecule has 148 valence electrons. The van der Waals surface area contributed by atoms with Crippen molar-refractivity contribution < 1.29 is 14.2 Å². The van der Waals surface area contributed by atoms with Gasteiger partial charge in [-0.3, -0.25) is 16.0 Å². The zero-order chi connectivity index (χ0) is 18.1. The Labute approximate surface area is 152 Å². The van der Waals surface area contributed by atoms with Crippen LogP contribution < -0.4 is 26.6 Å². The van der Waals surface area contributed by atoms with Gasteiger partial charge < -0.3 is 24.8 Å². The molecule has 8 heteroatoms. The van der Waals surface area contributed by atoms with Crippen molar-refractivity contribution in [1.82, 2.24) is 26.6 Å². The van der Waals surface area contributed by atoms with E-state index in [2.05, 4.69) is 26.6 Å². The molecule has 6 unspecified atom stereocenters. The van der Waals surface area contributed by atoms with E-state index in [1.54, 1.807) is 14.2 Å². The normalized spacial score (nSPS) is 34.8. The lowest BCUT2D eigenvalue weighted by atomic mass is 9.90. The van der Waals surface area contributed by atoms with Crippen molar-refractivity contribution in [2.75, 3.05) is 48.0 Å². The number of nitrogens with one attached hydrogen (secondary N) is 5. The Morgan fingerprint density at radius 2 is 1.96 bits per heavy atom. The van der Waals surface area contributed by atoms with E-state index in [0.717, 1.165) is 38.8 Å². The van der Waals surface area contributed by atoms with E-state index in [1.165, 1.54) is 0 Å². The summed E-state index contributed by atoms with van der Waals surface area (Å²) in [4.78, 5) is 0. The quantitative estimate of drug-likeness (QED) is 0.346. The highest BCUT2D eigenvalue weighted by Crippen LogP contribution is 2.24. The van der Waals surface area contributed by atoms with Gasteiger partial charge in [-0.2, -0.15) is 0 Å². The van der Waals surface area contributed by atoms with E-state index >= 15 is 0 Å². The minimum Gasteiger partial charge on any atom is -0.379 e. The summed E-state index contributed by atoms with van der Waals surface area (Å²) in [6.45, 7) is 2.36. The molecule has 1 saturated heterocycles. The summed E-state index contributed by atoms with van der Waals surface area (Å²) in [6, 6.07) is 0.405. The highest BCUT2D eigenvalue weighted by Gasteiger charge is 2.33. The first kappa shape index (κ1) is 21.0. The lowest BCUT2D eigenvalue weighted by Gasteiger charge is -2.40. The van der Waals surface area contributed by atoms with E-state index < -0.39 is 0 Å². The van der Waals surface area contributed by atoms with Crippen LogP contribution in [0.25, 0.3) is 0 Å². The molecule has 5 N–H and O–H groups in total. The average molecular weight is 360 g/mol. The van der Waals surface area contributed by atoms with Gasteiger partial charge in [-0.1, -0.05) is 0 Å². The van der Waals surface area contributed by atoms with Gasteiger partial charge in [0.2, 0.25) is 0 Å². The summed E-state index contributed by atoms with van der Waals surface area (Å²) in [7, 11) is 7.42. The smallest absolute Gasteiger partial charge is 0.113 e. The Bertz CT molecular complexity index is 363. The highest BCUT2D eigenvalue weighted by molar-refractivity contribution is 4.88. The molecule has 1 aliphatic heterocycles. The molecular formula is C17H37N5O3. The van der Waals surface area contributed by atoms with Crippen molar-refractivity contribution in [2.45, 2.75) is 62.5 Å². The van der Waals surface area contributed by atoms with Crippen LogP contribution in [0.2, 0.25) is 0 Å². The van der Waals surface area contributed by atoms with Gasteiger partial charge in [0.25, 0.3) is 0 Å². The van der Waals surface area contributed by atoms with Gasteiger partial charge in [-0.15, -0.1) is 0 Å². The molecule has 1 aliphatic carbocycles. The molecule has 0 radical (unpaired) electrons. The second kappa shape index (κ2) is 11.4. The van der Waals surface area contributed by atoms with Gasteiger partial charge in [-0.25, -0.2) is 0 Å². The third-order valence-electron chi connectivity index (χ3n) is 5.20. The minimum absolute atomic E-state index is 0.0638. The Balaban J connectivity index is 1.81. The lowest BCUT2D eigenvalue weighted by Crippen LogP contribution is -2.66. The van der Waals surface area contributed by atoms with Crippen molar-refractivity contribution in [3.05, 3.63) is 0 Å². The van der Waals surface area contributed by atoms with Crippen LogP contribution in [0.5, 0.6) is 0 Å². The molecule has 1 saturated carbocycles. The zero-order valence-corrected chi connectivity index (χ0v) is 16.1. The molecule has 2 aliphatic rings. The van der Waals surface area contributed by atoms with Crippen molar-refractivity contribution >= 4 is 0 Å². The molecule has 2 rings (SSSR count). The van der Waals surface area contributed by atoms with Gasteiger partial charge in [0.1, 0.15) is 6.29 Å². The van der Waals surface area contributed by atoms with E-state index in [1.807, 2.05) is 14.1 Å². The summed E-state index contributed by atoms with van der Waals surface area (Å²) in [5.41, 5.74) is 0. The summed E-state index contributed by atoms with van der Waals surface area (Å²) in [5, 5.41) is 17.1. The fourth-order valence-electron chi connectivity index (χ4n) is 3.65. The standard InChI is InChI=1S/C17H37N5O3/c1-18-10-13(23-3)11-25-15-9-12(5-6-14(15)24-4)21-17-20-8-7-16(19-2)22-17/h12-22H,5-11H2,1-4H3. The molecular weight excluding hydrogens is 322 g/mol. The number of rotatable bonds is 10. The first-order valence-corrected chi connectivity index (χ1v) is 9.44. The Morgan fingerprint density at radius 3 is 2.64 bits per heavy atom. The maximum atomic E-state index is 6.17. The molecule has 1 heterocycles. The van der Waals surface area contributed by atoms with E-state index in [4.69, 9.17) is 14.2 Å². The maximum absolute atomic E-state index is 6.17. The second-order valence-corrected chi connectivity index (χ2v) is 6.92. The molecule has 0 aromatic heterocycles. The van der Waals surface area contributed by atoms with Crippen molar-refractivity contribution in [3.8, 4) is 0 Å². The van der Waals surface area contributed by atoms with Crippen LogP contribution >= 0.6 is 0 Å². The lowest BCUT2D eigenvalue weighted by molar-refractivity contribution is -0.106. The molecule has 0 bridgehead atoms. The van der Waals surface area contributed by atoms with Crippen molar-refractivity contribution in [2.24, 2.45) is 0 Å². The number of likely N-dealkylation sites (N-methyl/N-ethyl adjacent to an activating group) is 1. The van der Waals surface area contributed by atoms with Gasteiger partial charge in [0.05, 0.1) is 31.1 Å². The van der Waals surface area contributed by atoms with Crippen LogP contribution in [0.3, 0.4) is 0 Å². The SMILES string of the molecule is CNCC(COC1CC(NC2NCCC(NC)N2)CCC1OC)OC. The van der Waals surface area contributed by atoms with E-state index in [9.17, 15) is 0 Å². The number of hydrogen-bond donors (Lipinski definition) is 5. The topological polar surface area (TPSA) is 87.8 Å². The largest absolute Gasteiger partial charge is 0.379 e. The van der Waals surface area contributed by atoms with Gasteiger partial charge in [-0.05, 0) is 39.8 Å². The predicted octanol–water partition coefficient (Wildman–Crippen LogP) is -0.825. The average Bonchev–Trinajstić information content (AvgIpc) is 2.65. The van der Waals surface area contributed by atoms with Crippen molar-refractivity contribution in [3.63, 3.8) is 0 Å². The van der Waals surface area contributed by atoms with Crippen LogP contribution in [-0.4, -0.2) is 84.8 Å². The van der Waals surface area contributed by atoms with E-state index in [-0.39, 0.29) is 24.6 Å². The second-order valence-electron chi connectivity index (χ2n) is 6.92. The van der Waals surface area contributed by atoms with Crippen LogP contribution in [0, 0.1) is 0 Å². The fraction of sp³-hybridized carbons (Fsp3) is 1.00. The van der Waals surface area contributed by atoms with Crippen LogP contribution in [-0.2, 0) is 14.2 Å². The molecule has 0 amide bonds. The summed E-state index contributed by atoms with van der Waals surface area (Å²) in [5.74, 6) is 0. The first-order chi connectivity index (χ1) is 12.2. The number of hydrogen-bond acceptors (Lipinski definition) is 8. The zero-order valence-electron chi connectivity index (χ0n) is 16.1. The summed E-state index contributed by atoms with van der Waals surface area (Å²) in [6.07, 6.45) is 4.92. The molecule has 8 nitrogen and oxygen atoms in total. The maximum Gasteiger partial charge on any atom is 0.113 e. The molecule has 25 heavy (non-hydrogen) atoms. The molecule has 0 aromatic carbocycles. The van der Waals surface area contributed by atoms with Gasteiger partial charge in [0, 0.05) is 33.4 Å². The molecule has 0 spiro atoms. The van der Waals surface area contributed by atoms with Crippen LogP contribution in [0.4, 0.5) is 0 Å². The third kappa shape index (κ3) is 6.73. The van der Waals surface area contributed by atoms with Crippen LogP contribution in [0.1, 0.15) is 25.7 Å². The van der Waals surface area contributed by atoms with Crippen LogP contribution in [0.15, 0.2) is 0 Å². The third-order valence-corrected chi connectivity index (χ3v) is 5.20. The highest BCUT2D eigenvalue weighted by atomic mass is 16.6. The van der Waals surface area contributed by atoms with Gasteiger partial charge >= 0.3 is 0 Å². The molecule has 0 aromatic rings. The molecule has 2 fully saturated rings.